The molecule has 0 aliphatic carbocycles. The number of hydrogen-bond acceptors (Lipinski definition) is 4. The zero-order valence-corrected chi connectivity index (χ0v) is 15.0. The van der Waals surface area contributed by atoms with Crippen LogP contribution in [0.2, 0.25) is 0 Å². The Morgan fingerprint density at radius 3 is 2.42 bits per heavy atom. The van der Waals surface area contributed by atoms with Gasteiger partial charge in [0.25, 0.3) is 0 Å². The van der Waals surface area contributed by atoms with E-state index < -0.39 is 0 Å². The van der Waals surface area contributed by atoms with Gasteiger partial charge in [0.2, 0.25) is 0 Å². The SMILES string of the molecule is CN(C)c1nccc(N(CC[NH+](C)C)Cc2ccccc2)c1C#N. The van der Waals surface area contributed by atoms with Gasteiger partial charge in [-0.05, 0) is 11.6 Å². The summed E-state index contributed by atoms with van der Waals surface area (Å²) in [5.41, 5.74) is 2.81. The second-order valence-electron chi connectivity index (χ2n) is 6.40. The fourth-order valence-electron chi connectivity index (χ4n) is 2.60. The molecule has 5 nitrogen and oxygen atoms in total. The number of anilines is 2. The highest BCUT2D eigenvalue weighted by molar-refractivity contribution is 5.69. The lowest BCUT2D eigenvalue weighted by Crippen LogP contribution is -3.06. The Hall–Kier alpha value is -2.58. The number of nitrogens with one attached hydrogen (secondary N) is 1. The molecular formula is C19H26N5+. The first-order chi connectivity index (χ1) is 11.5. The third-order valence-electron chi connectivity index (χ3n) is 3.88. The van der Waals surface area contributed by atoms with E-state index in [1.54, 1.807) is 6.20 Å². The van der Waals surface area contributed by atoms with Crippen LogP contribution in [-0.4, -0.2) is 46.3 Å². The molecule has 0 bridgehead atoms. The van der Waals surface area contributed by atoms with Crippen molar-refractivity contribution in [1.82, 2.24) is 4.98 Å². The summed E-state index contributed by atoms with van der Waals surface area (Å²) in [5, 5.41) is 9.69. The summed E-state index contributed by atoms with van der Waals surface area (Å²) in [7, 11) is 8.12. The maximum Gasteiger partial charge on any atom is 0.148 e. The van der Waals surface area contributed by atoms with Crippen molar-refractivity contribution >= 4 is 11.5 Å². The standard InChI is InChI=1S/C19H25N5/c1-22(2)12-13-24(15-16-8-6-5-7-9-16)18-10-11-21-19(23(3)4)17(18)14-20/h5-11H,12-13,15H2,1-4H3/p+1. The third kappa shape index (κ3) is 4.46. The van der Waals surface area contributed by atoms with Gasteiger partial charge in [-0.15, -0.1) is 0 Å². The van der Waals surface area contributed by atoms with Crippen LogP contribution in [0.3, 0.4) is 0 Å². The number of aromatic nitrogens is 1. The van der Waals surface area contributed by atoms with Crippen LogP contribution in [0.15, 0.2) is 42.6 Å². The van der Waals surface area contributed by atoms with E-state index in [1.807, 2.05) is 43.3 Å². The molecule has 1 aromatic carbocycles. The van der Waals surface area contributed by atoms with Crippen LogP contribution >= 0.6 is 0 Å². The Morgan fingerprint density at radius 2 is 1.83 bits per heavy atom. The first kappa shape index (κ1) is 17.8. The topological polar surface area (TPSA) is 47.6 Å². The van der Waals surface area contributed by atoms with Gasteiger partial charge in [0, 0.05) is 26.8 Å². The van der Waals surface area contributed by atoms with Gasteiger partial charge in [0.05, 0.1) is 32.9 Å². The van der Waals surface area contributed by atoms with E-state index >= 15 is 0 Å². The molecule has 0 amide bonds. The third-order valence-corrected chi connectivity index (χ3v) is 3.88. The number of nitriles is 1. The summed E-state index contributed by atoms with van der Waals surface area (Å²) >= 11 is 0. The molecule has 1 heterocycles. The van der Waals surface area contributed by atoms with Gasteiger partial charge in [-0.25, -0.2) is 4.98 Å². The molecule has 0 aliphatic heterocycles. The van der Waals surface area contributed by atoms with E-state index in [0.717, 1.165) is 25.3 Å². The summed E-state index contributed by atoms with van der Waals surface area (Å²) in [6.07, 6.45) is 1.78. The average Bonchev–Trinajstić information content (AvgIpc) is 2.58. The zero-order valence-electron chi connectivity index (χ0n) is 15.0. The van der Waals surface area contributed by atoms with E-state index in [9.17, 15) is 5.26 Å². The quantitative estimate of drug-likeness (QED) is 0.831. The molecule has 24 heavy (non-hydrogen) atoms. The van der Waals surface area contributed by atoms with E-state index in [-0.39, 0.29) is 0 Å². The van der Waals surface area contributed by atoms with Gasteiger partial charge < -0.3 is 14.7 Å². The number of rotatable bonds is 7. The Bertz CT molecular complexity index is 689. The van der Waals surface area contributed by atoms with Crippen LogP contribution in [-0.2, 0) is 6.54 Å². The number of hydrogen-bond donors (Lipinski definition) is 1. The van der Waals surface area contributed by atoms with Gasteiger partial charge in [-0.2, -0.15) is 5.26 Å². The lowest BCUT2D eigenvalue weighted by molar-refractivity contribution is -0.856. The summed E-state index contributed by atoms with van der Waals surface area (Å²) < 4.78 is 0. The molecule has 0 saturated carbocycles. The smallest absolute Gasteiger partial charge is 0.148 e. The Labute approximate surface area is 144 Å². The largest absolute Gasteiger partial charge is 0.362 e. The van der Waals surface area contributed by atoms with E-state index in [4.69, 9.17) is 0 Å². The fraction of sp³-hybridized carbons (Fsp3) is 0.368. The number of nitrogens with zero attached hydrogens (tertiary/aromatic N) is 4. The van der Waals surface area contributed by atoms with Crippen molar-refractivity contribution in [3.63, 3.8) is 0 Å². The molecule has 1 N–H and O–H groups in total. The molecule has 0 fully saturated rings. The summed E-state index contributed by atoms with van der Waals surface area (Å²) in [4.78, 5) is 9.91. The van der Waals surface area contributed by atoms with Crippen molar-refractivity contribution < 1.29 is 4.90 Å². The Balaban J connectivity index is 2.39. The molecule has 0 aliphatic rings. The summed E-state index contributed by atoms with van der Waals surface area (Å²) in [5.74, 6) is 0.713. The van der Waals surface area contributed by atoms with Crippen molar-refractivity contribution in [2.75, 3.05) is 51.1 Å². The molecule has 0 unspecified atom stereocenters. The van der Waals surface area contributed by atoms with Crippen molar-refractivity contribution in [3.05, 3.63) is 53.7 Å². The highest BCUT2D eigenvalue weighted by atomic mass is 15.2. The van der Waals surface area contributed by atoms with Gasteiger partial charge in [-0.3, -0.25) is 0 Å². The van der Waals surface area contributed by atoms with Crippen molar-refractivity contribution in [1.29, 1.82) is 5.26 Å². The molecule has 0 atom stereocenters. The minimum atomic E-state index is 0.632. The van der Waals surface area contributed by atoms with Crippen molar-refractivity contribution in [2.24, 2.45) is 0 Å². The highest BCUT2D eigenvalue weighted by Gasteiger charge is 2.17. The van der Waals surface area contributed by atoms with Gasteiger partial charge in [-0.1, -0.05) is 30.3 Å². The fourth-order valence-corrected chi connectivity index (χ4v) is 2.60. The number of pyridine rings is 1. The van der Waals surface area contributed by atoms with Crippen LogP contribution in [0.1, 0.15) is 11.1 Å². The van der Waals surface area contributed by atoms with Crippen LogP contribution in [0, 0.1) is 11.3 Å². The van der Waals surface area contributed by atoms with E-state index in [2.05, 4.69) is 42.2 Å². The van der Waals surface area contributed by atoms with Crippen LogP contribution in [0.5, 0.6) is 0 Å². The highest BCUT2D eigenvalue weighted by Crippen LogP contribution is 2.27. The molecule has 126 valence electrons. The molecule has 0 saturated heterocycles. The lowest BCUT2D eigenvalue weighted by atomic mass is 10.1. The van der Waals surface area contributed by atoms with E-state index in [0.29, 0.717) is 11.4 Å². The van der Waals surface area contributed by atoms with Crippen LogP contribution in [0.25, 0.3) is 0 Å². The zero-order chi connectivity index (χ0) is 17.5. The molecule has 0 radical (unpaired) electrons. The minimum Gasteiger partial charge on any atom is -0.362 e. The van der Waals surface area contributed by atoms with Gasteiger partial charge in [0.1, 0.15) is 17.5 Å². The first-order valence-electron chi connectivity index (χ1n) is 8.17. The van der Waals surface area contributed by atoms with Crippen molar-refractivity contribution in [2.45, 2.75) is 6.54 Å². The van der Waals surface area contributed by atoms with Gasteiger partial charge in [0.15, 0.2) is 0 Å². The number of quaternary nitrogens is 1. The first-order valence-corrected chi connectivity index (χ1v) is 8.17. The Kier molecular flexibility index (Phi) is 6.16. The molecule has 2 rings (SSSR count). The van der Waals surface area contributed by atoms with Crippen LogP contribution in [0.4, 0.5) is 11.5 Å². The van der Waals surface area contributed by atoms with Gasteiger partial charge >= 0.3 is 0 Å². The van der Waals surface area contributed by atoms with Crippen molar-refractivity contribution in [3.8, 4) is 6.07 Å². The minimum absolute atomic E-state index is 0.632. The summed E-state index contributed by atoms with van der Waals surface area (Å²) in [6, 6.07) is 14.7. The molecule has 2 aromatic rings. The second-order valence-corrected chi connectivity index (χ2v) is 6.40. The maximum absolute atomic E-state index is 9.69. The molecule has 1 aromatic heterocycles. The molecular weight excluding hydrogens is 298 g/mol. The number of benzene rings is 1. The summed E-state index contributed by atoms with van der Waals surface area (Å²) in [6.45, 7) is 2.65. The lowest BCUT2D eigenvalue weighted by Gasteiger charge is -2.27. The second kappa shape index (κ2) is 8.32. The Morgan fingerprint density at radius 1 is 1.12 bits per heavy atom. The molecule has 5 heteroatoms. The average molecular weight is 324 g/mol. The number of likely N-dealkylation sites (N-methyl/N-ethyl adjacent to an activating group) is 1. The predicted octanol–water partition coefficient (Wildman–Crippen LogP) is 1.17. The maximum atomic E-state index is 9.69. The normalized spacial score (nSPS) is 10.5. The monoisotopic (exact) mass is 324 g/mol. The van der Waals surface area contributed by atoms with Crippen LogP contribution < -0.4 is 14.7 Å². The predicted molar refractivity (Wildman–Crippen MR) is 98.4 cm³/mol. The molecule has 0 spiro atoms. The van der Waals surface area contributed by atoms with E-state index in [1.165, 1.54) is 10.5 Å².